The Labute approximate surface area is 122 Å². The first-order valence-corrected chi connectivity index (χ1v) is 6.70. The number of nitrogens with zero attached hydrogens (tertiary/aromatic N) is 1. The van der Waals surface area contributed by atoms with E-state index >= 15 is 0 Å². The molecule has 0 spiro atoms. The van der Waals surface area contributed by atoms with Gasteiger partial charge in [-0.25, -0.2) is 4.98 Å². The molecule has 0 radical (unpaired) electrons. The second-order valence-electron chi connectivity index (χ2n) is 4.89. The molecule has 0 bridgehead atoms. The molecule has 4 nitrogen and oxygen atoms in total. The fourth-order valence-corrected chi connectivity index (χ4v) is 1.96. The van der Waals surface area contributed by atoms with E-state index in [2.05, 4.69) is 10.3 Å². The molecule has 0 saturated heterocycles. The lowest BCUT2D eigenvalue weighted by molar-refractivity contribution is 0.0851. The van der Waals surface area contributed by atoms with Crippen molar-refractivity contribution in [3.63, 3.8) is 0 Å². The van der Waals surface area contributed by atoms with Crippen molar-refractivity contribution in [3.05, 3.63) is 65.7 Å². The molecule has 5 heteroatoms. The zero-order valence-electron chi connectivity index (χ0n) is 11.7. The molecule has 0 aliphatic carbocycles. The quantitative estimate of drug-likeness (QED) is 0.827. The van der Waals surface area contributed by atoms with Gasteiger partial charge in [0.1, 0.15) is 0 Å². The summed E-state index contributed by atoms with van der Waals surface area (Å²) in [5, 5.41) is 12.8. The van der Waals surface area contributed by atoms with Crippen molar-refractivity contribution >= 4 is 5.91 Å². The van der Waals surface area contributed by atoms with Crippen LogP contribution in [0.5, 0.6) is 0 Å². The van der Waals surface area contributed by atoms with Gasteiger partial charge in [-0.2, -0.15) is 4.39 Å². The number of amides is 1. The van der Waals surface area contributed by atoms with E-state index in [4.69, 9.17) is 0 Å². The van der Waals surface area contributed by atoms with Gasteiger partial charge in [-0.15, -0.1) is 0 Å². The van der Waals surface area contributed by atoms with Crippen LogP contribution < -0.4 is 5.32 Å². The minimum absolute atomic E-state index is 0.182. The summed E-state index contributed by atoms with van der Waals surface area (Å²) in [6, 6.07) is 11.6. The van der Waals surface area contributed by atoms with Gasteiger partial charge >= 0.3 is 0 Å². The molecule has 2 aromatic rings. The van der Waals surface area contributed by atoms with E-state index in [1.54, 1.807) is 6.92 Å². The summed E-state index contributed by atoms with van der Waals surface area (Å²) >= 11 is 0. The molecule has 0 aliphatic heterocycles. The molecule has 2 rings (SSSR count). The van der Waals surface area contributed by atoms with Crippen LogP contribution in [0.15, 0.2) is 48.7 Å². The number of carbonyl (C=O) groups is 1. The molecule has 2 unspecified atom stereocenters. The molecule has 110 valence electrons. The van der Waals surface area contributed by atoms with Crippen molar-refractivity contribution < 1.29 is 14.3 Å². The summed E-state index contributed by atoms with van der Waals surface area (Å²) < 4.78 is 13.0. The molecule has 21 heavy (non-hydrogen) atoms. The third-order valence-electron chi connectivity index (χ3n) is 3.21. The van der Waals surface area contributed by atoms with Crippen molar-refractivity contribution in [1.29, 1.82) is 0 Å². The van der Waals surface area contributed by atoms with Crippen LogP contribution in [0.25, 0.3) is 0 Å². The summed E-state index contributed by atoms with van der Waals surface area (Å²) in [6.07, 6.45) is 0.950. The van der Waals surface area contributed by atoms with Crippen molar-refractivity contribution in [2.75, 3.05) is 0 Å². The van der Waals surface area contributed by atoms with E-state index in [-0.39, 0.29) is 5.56 Å². The Morgan fingerprint density at radius 2 is 2.05 bits per heavy atom. The lowest BCUT2D eigenvalue weighted by Gasteiger charge is -2.20. The van der Waals surface area contributed by atoms with Gasteiger partial charge in [0, 0.05) is 24.2 Å². The first-order valence-electron chi connectivity index (χ1n) is 6.70. The van der Waals surface area contributed by atoms with Crippen LogP contribution >= 0.6 is 0 Å². The summed E-state index contributed by atoms with van der Waals surface area (Å²) in [5.74, 6) is -1.14. The largest absolute Gasteiger partial charge is 0.391 e. The van der Waals surface area contributed by atoms with Crippen LogP contribution in [-0.4, -0.2) is 28.1 Å². The van der Waals surface area contributed by atoms with E-state index in [0.29, 0.717) is 6.42 Å². The molecule has 0 aliphatic rings. The predicted molar refractivity (Wildman–Crippen MR) is 77.3 cm³/mol. The monoisotopic (exact) mass is 288 g/mol. The van der Waals surface area contributed by atoms with E-state index in [0.717, 1.165) is 11.6 Å². The summed E-state index contributed by atoms with van der Waals surface area (Å²) in [6.45, 7) is 1.71. The maximum absolute atomic E-state index is 13.0. The van der Waals surface area contributed by atoms with Gasteiger partial charge in [0.2, 0.25) is 5.95 Å². The maximum Gasteiger partial charge on any atom is 0.251 e. The van der Waals surface area contributed by atoms with E-state index in [9.17, 15) is 14.3 Å². The van der Waals surface area contributed by atoms with Gasteiger partial charge < -0.3 is 10.4 Å². The minimum atomic E-state index is -0.719. The number of hydrogen-bond donors (Lipinski definition) is 2. The van der Waals surface area contributed by atoms with E-state index in [1.165, 1.54) is 12.3 Å². The lowest BCUT2D eigenvalue weighted by Crippen LogP contribution is -2.42. The fraction of sp³-hybridized carbons (Fsp3) is 0.250. The van der Waals surface area contributed by atoms with E-state index < -0.39 is 24.0 Å². The molecular formula is C16H17FN2O2. The van der Waals surface area contributed by atoms with Crippen LogP contribution in [0.4, 0.5) is 4.39 Å². The number of rotatable bonds is 5. The second-order valence-corrected chi connectivity index (χ2v) is 4.89. The Morgan fingerprint density at radius 3 is 2.71 bits per heavy atom. The molecule has 1 aromatic carbocycles. The summed E-state index contributed by atoms with van der Waals surface area (Å²) in [7, 11) is 0. The Bertz CT molecular complexity index is 604. The topological polar surface area (TPSA) is 62.2 Å². The Balaban J connectivity index is 1.94. The van der Waals surface area contributed by atoms with Crippen molar-refractivity contribution in [3.8, 4) is 0 Å². The number of halogens is 1. The van der Waals surface area contributed by atoms with E-state index in [1.807, 2.05) is 30.3 Å². The SMILES string of the molecule is CC(NC(=O)c1ccnc(F)c1)C(O)Cc1ccccc1. The average Bonchev–Trinajstić information content (AvgIpc) is 2.48. The zero-order chi connectivity index (χ0) is 15.2. The number of aliphatic hydroxyl groups excluding tert-OH is 1. The average molecular weight is 288 g/mol. The van der Waals surface area contributed by atoms with Crippen LogP contribution in [0.2, 0.25) is 0 Å². The smallest absolute Gasteiger partial charge is 0.251 e. The Morgan fingerprint density at radius 1 is 1.33 bits per heavy atom. The Kier molecular flexibility index (Phi) is 5.00. The maximum atomic E-state index is 13.0. The van der Waals surface area contributed by atoms with Gasteiger partial charge in [-0.05, 0) is 18.6 Å². The van der Waals surface area contributed by atoms with Crippen molar-refractivity contribution in [2.45, 2.75) is 25.5 Å². The highest BCUT2D eigenvalue weighted by molar-refractivity contribution is 5.94. The molecule has 0 saturated carbocycles. The molecule has 1 aromatic heterocycles. The molecule has 2 N–H and O–H groups in total. The first-order chi connectivity index (χ1) is 10.1. The summed E-state index contributed by atoms with van der Waals surface area (Å²) in [4.78, 5) is 15.3. The highest BCUT2D eigenvalue weighted by Gasteiger charge is 2.18. The minimum Gasteiger partial charge on any atom is -0.391 e. The number of pyridine rings is 1. The molecular weight excluding hydrogens is 271 g/mol. The molecule has 2 atom stereocenters. The number of aliphatic hydroxyl groups is 1. The van der Waals surface area contributed by atoms with Gasteiger partial charge in [-0.1, -0.05) is 30.3 Å². The van der Waals surface area contributed by atoms with Gasteiger partial charge in [0.05, 0.1) is 12.1 Å². The number of nitrogens with one attached hydrogen (secondary N) is 1. The lowest BCUT2D eigenvalue weighted by atomic mass is 10.0. The van der Waals surface area contributed by atoms with Crippen LogP contribution in [-0.2, 0) is 6.42 Å². The molecule has 1 amide bonds. The fourth-order valence-electron chi connectivity index (χ4n) is 1.96. The number of aromatic nitrogens is 1. The first kappa shape index (κ1) is 15.1. The number of hydrogen-bond acceptors (Lipinski definition) is 3. The number of benzene rings is 1. The predicted octanol–water partition coefficient (Wildman–Crippen LogP) is 1.94. The standard InChI is InChI=1S/C16H17FN2O2/c1-11(14(20)9-12-5-3-2-4-6-12)19-16(21)13-7-8-18-15(17)10-13/h2-8,10-11,14,20H,9H2,1H3,(H,19,21). The van der Waals surface area contributed by atoms with Gasteiger partial charge in [0.25, 0.3) is 5.91 Å². The van der Waals surface area contributed by atoms with Crippen LogP contribution in [0, 0.1) is 5.95 Å². The third kappa shape index (κ3) is 4.36. The zero-order valence-corrected chi connectivity index (χ0v) is 11.7. The third-order valence-corrected chi connectivity index (χ3v) is 3.21. The van der Waals surface area contributed by atoms with Crippen molar-refractivity contribution in [2.24, 2.45) is 0 Å². The van der Waals surface area contributed by atoms with Gasteiger partial charge in [-0.3, -0.25) is 4.79 Å². The van der Waals surface area contributed by atoms with Crippen molar-refractivity contribution in [1.82, 2.24) is 10.3 Å². The summed E-state index contributed by atoms with van der Waals surface area (Å²) in [5.41, 5.74) is 1.17. The Hall–Kier alpha value is -2.27. The van der Waals surface area contributed by atoms with Gasteiger partial charge in [0.15, 0.2) is 0 Å². The van der Waals surface area contributed by atoms with Crippen LogP contribution in [0.1, 0.15) is 22.8 Å². The number of carbonyl (C=O) groups excluding carboxylic acids is 1. The van der Waals surface area contributed by atoms with Crippen LogP contribution in [0.3, 0.4) is 0 Å². The second kappa shape index (κ2) is 6.95. The highest BCUT2D eigenvalue weighted by Crippen LogP contribution is 2.07. The molecule has 0 fully saturated rings. The highest BCUT2D eigenvalue weighted by atomic mass is 19.1. The molecule has 1 heterocycles. The normalized spacial score (nSPS) is 13.5.